The minimum absolute atomic E-state index is 0.883. The van der Waals surface area contributed by atoms with Gasteiger partial charge in [-0.05, 0) is 82.6 Å². The highest BCUT2D eigenvalue weighted by atomic mass is 15.2. The SMILES string of the molecule is Cc1c(C)c(N(c2ccccc2)c2ccccc2-c2ccccc2)c2c(c1-c1cccc3c1[nH]c1ccccc13)-c1ccccc1C2. The molecule has 0 unspecified atom stereocenters. The highest BCUT2D eigenvalue weighted by Gasteiger charge is 2.32. The molecule has 1 aliphatic carbocycles. The quantitative estimate of drug-likeness (QED) is 0.208. The van der Waals surface area contributed by atoms with Crippen molar-refractivity contribution in [3.63, 3.8) is 0 Å². The number of anilines is 3. The zero-order valence-corrected chi connectivity index (χ0v) is 26.6. The number of rotatable bonds is 5. The summed E-state index contributed by atoms with van der Waals surface area (Å²) in [6.07, 6.45) is 0.883. The fourth-order valence-corrected chi connectivity index (χ4v) is 7.84. The fourth-order valence-electron chi connectivity index (χ4n) is 7.84. The molecule has 8 aromatic rings. The lowest BCUT2D eigenvalue weighted by atomic mass is 9.85. The van der Waals surface area contributed by atoms with Gasteiger partial charge in [0.2, 0.25) is 0 Å². The van der Waals surface area contributed by atoms with Gasteiger partial charge in [-0.3, -0.25) is 0 Å². The van der Waals surface area contributed by atoms with Crippen LogP contribution in [0.2, 0.25) is 0 Å². The molecular formula is C45H34N2. The van der Waals surface area contributed by atoms with Gasteiger partial charge in [0.1, 0.15) is 0 Å². The molecule has 2 nitrogen and oxygen atoms in total. The molecule has 1 aromatic heterocycles. The maximum atomic E-state index is 3.81. The zero-order chi connectivity index (χ0) is 31.5. The second kappa shape index (κ2) is 10.9. The lowest BCUT2D eigenvalue weighted by Crippen LogP contribution is -2.16. The number of aromatic nitrogens is 1. The number of hydrogen-bond donors (Lipinski definition) is 1. The highest BCUT2D eigenvalue weighted by Crippen LogP contribution is 2.54. The molecule has 0 saturated carbocycles. The van der Waals surface area contributed by atoms with Crippen molar-refractivity contribution >= 4 is 38.9 Å². The van der Waals surface area contributed by atoms with Gasteiger partial charge in [-0.15, -0.1) is 0 Å². The van der Waals surface area contributed by atoms with E-state index >= 15 is 0 Å². The Balaban J connectivity index is 1.39. The molecule has 0 aliphatic heterocycles. The molecule has 1 aliphatic rings. The topological polar surface area (TPSA) is 19.0 Å². The number of para-hydroxylation sites is 4. The smallest absolute Gasteiger partial charge is 0.0544 e. The second-order valence-corrected chi connectivity index (χ2v) is 12.6. The van der Waals surface area contributed by atoms with Crippen LogP contribution in [-0.4, -0.2) is 4.98 Å². The van der Waals surface area contributed by atoms with E-state index in [1.807, 2.05) is 0 Å². The highest BCUT2D eigenvalue weighted by molar-refractivity contribution is 6.14. The van der Waals surface area contributed by atoms with E-state index in [2.05, 4.69) is 175 Å². The Hall–Kier alpha value is -5.86. The summed E-state index contributed by atoms with van der Waals surface area (Å²) in [5.41, 5.74) is 19.0. The number of H-pyrrole nitrogens is 1. The molecule has 1 heterocycles. The van der Waals surface area contributed by atoms with Crippen LogP contribution in [0, 0.1) is 13.8 Å². The fraction of sp³-hybridized carbons (Fsp3) is 0.0667. The van der Waals surface area contributed by atoms with E-state index in [1.54, 1.807) is 0 Å². The summed E-state index contributed by atoms with van der Waals surface area (Å²) in [7, 11) is 0. The molecule has 1 N–H and O–H groups in total. The average molecular weight is 603 g/mol. The first-order valence-electron chi connectivity index (χ1n) is 16.4. The Morgan fingerprint density at radius 3 is 1.98 bits per heavy atom. The van der Waals surface area contributed by atoms with E-state index in [4.69, 9.17) is 0 Å². The van der Waals surface area contributed by atoms with Gasteiger partial charge < -0.3 is 9.88 Å². The number of fused-ring (bicyclic) bond motifs is 6. The summed E-state index contributed by atoms with van der Waals surface area (Å²) < 4.78 is 0. The van der Waals surface area contributed by atoms with Crippen molar-refractivity contribution in [2.75, 3.05) is 4.90 Å². The van der Waals surface area contributed by atoms with Crippen molar-refractivity contribution in [2.45, 2.75) is 20.3 Å². The third-order valence-electron chi connectivity index (χ3n) is 10.1. The van der Waals surface area contributed by atoms with E-state index in [1.165, 1.54) is 88.8 Å². The largest absolute Gasteiger partial charge is 0.354 e. The number of benzene rings is 7. The average Bonchev–Trinajstić information content (AvgIpc) is 3.70. The molecule has 9 rings (SSSR count). The van der Waals surface area contributed by atoms with Crippen LogP contribution in [0.1, 0.15) is 22.3 Å². The van der Waals surface area contributed by atoms with Crippen LogP contribution in [0.25, 0.3) is 55.2 Å². The molecule has 0 atom stereocenters. The monoisotopic (exact) mass is 602 g/mol. The van der Waals surface area contributed by atoms with E-state index < -0.39 is 0 Å². The van der Waals surface area contributed by atoms with Gasteiger partial charge >= 0.3 is 0 Å². The normalized spacial score (nSPS) is 12.0. The first-order chi connectivity index (χ1) is 23.2. The predicted molar refractivity (Wildman–Crippen MR) is 199 cm³/mol. The molecule has 0 fully saturated rings. The molecular weight excluding hydrogens is 569 g/mol. The van der Waals surface area contributed by atoms with E-state index in [9.17, 15) is 0 Å². The zero-order valence-electron chi connectivity index (χ0n) is 26.6. The summed E-state index contributed by atoms with van der Waals surface area (Å²) in [4.78, 5) is 6.33. The van der Waals surface area contributed by atoms with Crippen molar-refractivity contribution in [3.8, 4) is 33.4 Å². The molecule has 0 bridgehead atoms. The molecule has 0 amide bonds. The van der Waals surface area contributed by atoms with Crippen molar-refractivity contribution in [1.82, 2.24) is 4.98 Å². The third kappa shape index (κ3) is 4.26. The first-order valence-corrected chi connectivity index (χ1v) is 16.4. The third-order valence-corrected chi connectivity index (χ3v) is 10.1. The maximum absolute atomic E-state index is 3.81. The maximum Gasteiger partial charge on any atom is 0.0544 e. The molecule has 0 saturated heterocycles. The lowest BCUT2D eigenvalue weighted by molar-refractivity contribution is 1.16. The van der Waals surface area contributed by atoms with Gasteiger partial charge in [-0.25, -0.2) is 0 Å². The Morgan fingerprint density at radius 1 is 0.511 bits per heavy atom. The Morgan fingerprint density at radius 2 is 1.15 bits per heavy atom. The van der Waals surface area contributed by atoms with Gasteiger partial charge in [-0.1, -0.05) is 127 Å². The van der Waals surface area contributed by atoms with Crippen molar-refractivity contribution in [3.05, 3.63) is 174 Å². The van der Waals surface area contributed by atoms with E-state index in [0.717, 1.165) is 12.1 Å². The summed E-state index contributed by atoms with van der Waals surface area (Å²) in [5.74, 6) is 0. The molecule has 7 aromatic carbocycles. The number of nitrogens with one attached hydrogen (secondary N) is 1. The summed E-state index contributed by atoms with van der Waals surface area (Å²) in [5, 5.41) is 2.53. The molecule has 224 valence electrons. The molecule has 0 radical (unpaired) electrons. The number of aromatic amines is 1. The van der Waals surface area contributed by atoms with Crippen molar-refractivity contribution in [2.24, 2.45) is 0 Å². The van der Waals surface area contributed by atoms with Gasteiger partial charge in [0, 0.05) is 39.5 Å². The summed E-state index contributed by atoms with van der Waals surface area (Å²) in [6, 6.07) is 54.9. The van der Waals surface area contributed by atoms with Crippen LogP contribution >= 0.6 is 0 Å². The Bertz CT molecular complexity index is 2450. The van der Waals surface area contributed by atoms with Crippen LogP contribution in [0.15, 0.2) is 152 Å². The Labute approximate surface area is 275 Å². The molecule has 2 heteroatoms. The molecule has 0 spiro atoms. The number of nitrogens with zero attached hydrogens (tertiary/aromatic N) is 1. The minimum atomic E-state index is 0.883. The molecule has 47 heavy (non-hydrogen) atoms. The van der Waals surface area contributed by atoms with Gasteiger partial charge in [-0.2, -0.15) is 0 Å². The summed E-state index contributed by atoms with van der Waals surface area (Å²) in [6.45, 7) is 4.65. The predicted octanol–water partition coefficient (Wildman–Crippen LogP) is 12.3. The van der Waals surface area contributed by atoms with Crippen molar-refractivity contribution in [1.29, 1.82) is 0 Å². The van der Waals surface area contributed by atoms with Crippen LogP contribution < -0.4 is 4.90 Å². The second-order valence-electron chi connectivity index (χ2n) is 12.6. The summed E-state index contributed by atoms with van der Waals surface area (Å²) >= 11 is 0. The van der Waals surface area contributed by atoms with Crippen LogP contribution in [-0.2, 0) is 6.42 Å². The van der Waals surface area contributed by atoms with Gasteiger partial charge in [0.25, 0.3) is 0 Å². The number of hydrogen-bond acceptors (Lipinski definition) is 1. The first kappa shape index (κ1) is 27.5. The van der Waals surface area contributed by atoms with E-state index in [-0.39, 0.29) is 0 Å². The van der Waals surface area contributed by atoms with Gasteiger partial charge in [0.05, 0.1) is 16.9 Å². The van der Waals surface area contributed by atoms with Crippen molar-refractivity contribution < 1.29 is 0 Å². The van der Waals surface area contributed by atoms with E-state index in [0.29, 0.717) is 0 Å². The van der Waals surface area contributed by atoms with Gasteiger partial charge in [0.15, 0.2) is 0 Å². The van der Waals surface area contributed by atoms with Crippen LogP contribution in [0.4, 0.5) is 17.1 Å². The van der Waals surface area contributed by atoms with Crippen LogP contribution in [0.3, 0.4) is 0 Å². The lowest BCUT2D eigenvalue weighted by Gasteiger charge is -2.33. The van der Waals surface area contributed by atoms with Crippen LogP contribution in [0.5, 0.6) is 0 Å². The minimum Gasteiger partial charge on any atom is -0.354 e. The Kier molecular flexibility index (Phi) is 6.36. The standard InChI is InChI=1S/C45H34N2/c1-29-30(2)45(47(33-19-7-4-8-20-33)41-27-14-12-21-34(41)31-16-5-3-6-17-31)39-28-32-18-9-10-22-35(32)43(39)42(29)38-25-15-24-37-36-23-11-13-26-40(36)46-44(37)38/h3-27,46H,28H2,1-2H3.